The van der Waals surface area contributed by atoms with Gasteiger partial charge in [0.25, 0.3) is 5.91 Å². The highest BCUT2D eigenvalue weighted by molar-refractivity contribution is 7.99. The summed E-state index contributed by atoms with van der Waals surface area (Å²) in [5.41, 5.74) is 0.930. The van der Waals surface area contributed by atoms with Gasteiger partial charge in [-0.2, -0.15) is 0 Å². The zero-order valence-electron chi connectivity index (χ0n) is 18.2. The molecular formula is C22H22FN5O4S. The van der Waals surface area contributed by atoms with Crippen LogP contribution in [0.25, 0.3) is 0 Å². The zero-order valence-corrected chi connectivity index (χ0v) is 19.0. The second-order valence-corrected chi connectivity index (χ2v) is 7.92. The van der Waals surface area contributed by atoms with Gasteiger partial charge >= 0.3 is 5.97 Å². The molecule has 0 spiro atoms. The van der Waals surface area contributed by atoms with Crippen LogP contribution in [-0.2, 0) is 16.6 Å². The van der Waals surface area contributed by atoms with Crippen molar-refractivity contribution in [1.82, 2.24) is 20.1 Å². The SMILES string of the molecule is COC(=O)c1ccccc1NC(=O)CSc1nnc([C@H](C)NC(=O)c2ccc(F)cc2)n1C. The molecule has 11 heteroatoms. The highest BCUT2D eigenvalue weighted by Crippen LogP contribution is 2.21. The van der Waals surface area contributed by atoms with Crippen LogP contribution in [0.2, 0.25) is 0 Å². The van der Waals surface area contributed by atoms with Crippen LogP contribution in [0.5, 0.6) is 0 Å². The van der Waals surface area contributed by atoms with Gasteiger partial charge in [-0.3, -0.25) is 9.59 Å². The number of thioether (sulfide) groups is 1. The van der Waals surface area contributed by atoms with Gasteiger partial charge in [0.2, 0.25) is 5.91 Å². The van der Waals surface area contributed by atoms with Gasteiger partial charge in [-0.25, -0.2) is 9.18 Å². The maximum atomic E-state index is 13.1. The number of esters is 1. The van der Waals surface area contributed by atoms with Crippen molar-refractivity contribution >= 4 is 35.2 Å². The Balaban J connectivity index is 1.60. The summed E-state index contributed by atoms with van der Waals surface area (Å²) < 4.78 is 19.5. The van der Waals surface area contributed by atoms with E-state index in [9.17, 15) is 18.8 Å². The summed E-state index contributed by atoms with van der Waals surface area (Å²) >= 11 is 1.16. The molecule has 0 bridgehead atoms. The van der Waals surface area contributed by atoms with Crippen molar-refractivity contribution in [3.8, 4) is 0 Å². The summed E-state index contributed by atoms with van der Waals surface area (Å²) in [5, 5.41) is 14.2. The van der Waals surface area contributed by atoms with E-state index in [2.05, 4.69) is 20.8 Å². The molecule has 3 rings (SSSR count). The number of halogens is 1. The molecule has 0 aliphatic carbocycles. The maximum absolute atomic E-state index is 13.1. The number of benzene rings is 2. The van der Waals surface area contributed by atoms with Gasteiger partial charge in [-0.05, 0) is 43.3 Å². The fourth-order valence-electron chi connectivity index (χ4n) is 2.97. The van der Waals surface area contributed by atoms with E-state index in [-0.39, 0.29) is 23.1 Å². The van der Waals surface area contributed by atoms with Crippen LogP contribution in [0.1, 0.15) is 39.5 Å². The van der Waals surface area contributed by atoms with E-state index in [4.69, 9.17) is 4.74 Å². The number of para-hydroxylation sites is 1. The van der Waals surface area contributed by atoms with Gasteiger partial charge in [-0.1, -0.05) is 23.9 Å². The van der Waals surface area contributed by atoms with E-state index < -0.39 is 17.8 Å². The van der Waals surface area contributed by atoms with Crippen LogP contribution in [-0.4, -0.2) is 45.4 Å². The number of carbonyl (C=O) groups is 3. The van der Waals surface area contributed by atoms with Crippen molar-refractivity contribution in [1.29, 1.82) is 0 Å². The first kappa shape index (κ1) is 23.9. The van der Waals surface area contributed by atoms with Crippen LogP contribution < -0.4 is 10.6 Å². The Labute approximate surface area is 193 Å². The van der Waals surface area contributed by atoms with Crippen molar-refractivity contribution < 1.29 is 23.5 Å². The molecule has 2 N–H and O–H groups in total. The van der Waals surface area contributed by atoms with Gasteiger partial charge in [0.05, 0.1) is 30.2 Å². The van der Waals surface area contributed by atoms with Gasteiger partial charge < -0.3 is 19.9 Å². The third-order valence-electron chi connectivity index (χ3n) is 4.65. The second-order valence-electron chi connectivity index (χ2n) is 6.98. The minimum atomic E-state index is -0.548. The molecule has 0 fully saturated rings. The molecule has 1 aromatic heterocycles. The highest BCUT2D eigenvalue weighted by Gasteiger charge is 2.20. The monoisotopic (exact) mass is 471 g/mol. The number of methoxy groups -OCH3 is 1. The fourth-order valence-corrected chi connectivity index (χ4v) is 3.69. The van der Waals surface area contributed by atoms with Crippen LogP contribution in [0.3, 0.4) is 0 Å². The lowest BCUT2D eigenvalue weighted by atomic mass is 10.2. The van der Waals surface area contributed by atoms with Crippen molar-refractivity contribution in [2.24, 2.45) is 7.05 Å². The Morgan fingerprint density at radius 2 is 1.82 bits per heavy atom. The van der Waals surface area contributed by atoms with Gasteiger partial charge in [0.15, 0.2) is 11.0 Å². The first-order valence-electron chi connectivity index (χ1n) is 9.86. The normalized spacial score (nSPS) is 11.5. The predicted octanol–water partition coefficient (Wildman–Crippen LogP) is 2.96. The molecule has 0 saturated heterocycles. The first-order valence-corrected chi connectivity index (χ1v) is 10.8. The number of nitrogens with zero attached hydrogens (tertiary/aromatic N) is 3. The molecule has 0 radical (unpaired) electrons. The summed E-state index contributed by atoms with van der Waals surface area (Å²) in [7, 11) is 2.99. The molecule has 0 aliphatic rings. The number of ether oxygens (including phenoxy) is 1. The summed E-state index contributed by atoms with van der Waals surface area (Å²) in [6.45, 7) is 1.75. The van der Waals surface area contributed by atoms with Crippen molar-refractivity contribution in [3.05, 3.63) is 71.3 Å². The van der Waals surface area contributed by atoms with E-state index >= 15 is 0 Å². The average Bonchev–Trinajstić information content (AvgIpc) is 3.18. The lowest BCUT2D eigenvalue weighted by molar-refractivity contribution is -0.113. The zero-order chi connectivity index (χ0) is 24.0. The quantitative estimate of drug-likeness (QED) is 0.383. The molecule has 9 nitrogen and oxygen atoms in total. The van der Waals surface area contributed by atoms with Crippen LogP contribution in [0.15, 0.2) is 53.7 Å². The summed E-state index contributed by atoms with van der Waals surface area (Å²) in [6, 6.07) is 11.3. The van der Waals surface area contributed by atoms with E-state index in [1.165, 1.54) is 31.4 Å². The molecule has 172 valence electrons. The summed E-state index contributed by atoms with van der Waals surface area (Å²) in [6.07, 6.45) is 0. The molecule has 0 aliphatic heterocycles. The minimum Gasteiger partial charge on any atom is -0.465 e. The van der Waals surface area contributed by atoms with Gasteiger partial charge in [0.1, 0.15) is 5.82 Å². The van der Waals surface area contributed by atoms with Crippen molar-refractivity contribution in [2.45, 2.75) is 18.1 Å². The number of hydrogen-bond donors (Lipinski definition) is 2. The third kappa shape index (κ3) is 5.95. The lowest BCUT2D eigenvalue weighted by Crippen LogP contribution is -2.28. The Hall–Kier alpha value is -3.73. The van der Waals surface area contributed by atoms with Gasteiger partial charge in [-0.15, -0.1) is 10.2 Å². The van der Waals surface area contributed by atoms with Crippen LogP contribution in [0.4, 0.5) is 10.1 Å². The fraction of sp³-hybridized carbons (Fsp3) is 0.227. The molecule has 1 atom stereocenters. The molecule has 2 aromatic carbocycles. The van der Waals surface area contributed by atoms with Crippen molar-refractivity contribution in [2.75, 3.05) is 18.2 Å². The Kier molecular flexibility index (Phi) is 7.78. The molecule has 1 heterocycles. The maximum Gasteiger partial charge on any atom is 0.339 e. The summed E-state index contributed by atoms with van der Waals surface area (Å²) in [4.78, 5) is 36.6. The topological polar surface area (TPSA) is 115 Å². The standard InChI is InChI=1S/C22H22FN5O4S/c1-13(24-20(30)14-8-10-15(23)11-9-14)19-26-27-22(28(19)2)33-12-18(29)25-17-7-5-4-6-16(17)21(31)32-3/h4-11,13H,12H2,1-3H3,(H,24,30)(H,25,29)/t13-/m0/s1. The number of amides is 2. The first-order chi connectivity index (χ1) is 15.8. The number of hydrogen-bond acceptors (Lipinski definition) is 7. The van der Waals surface area contributed by atoms with E-state index in [1.807, 2.05) is 0 Å². The molecule has 0 saturated carbocycles. The van der Waals surface area contributed by atoms with Crippen LogP contribution >= 0.6 is 11.8 Å². The Morgan fingerprint density at radius 3 is 2.52 bits per heavy atom. The summed E-state index contributed by atoms with van der Waals surface area (Å²) in [5.74, 6) is -1.16. The average molecular weight is 472 g/mol. The number of nitrogens with one attached hydrogen (secondary N) is 2. The second kappa shape index (κ2) is 10.7. The smallest absolute Gasteiger partial charge is 0.339 e. The molecular weight excluding hydrogens is 449 g/mol. The number of anilines is 1. The van der Waals surface area contributed by atoms with E-state index in [0.717, 1.165) is 11.8 Å². The number of carbonyl (C=O) groups excluding carboxylic acids is 3. The number of rotatable bonds is 8. The van der Waals surface area contributed by atoms with E-state index in [1.54, 1.807) is 42.8 Å². The third-order valence-corrected chi connectivity index (χ3v) is 5.67. The number of aromatic nitrogens is 3. The van der Waals surface area contributed by atoms with Crippen molar-refractivity contribution in [3.63, 3.8) is 0 Å². The lowest BCUT2D eigenvalue weighted by Gasteiger charge is -2.13. The van der Waals surface area contributed by atoms with Gasteiger partial charge in [0, 0.05) is 12.6 Å². The minimum absolute atomic E-state index is 0.0256. The largest absolute Gasteiger partial charge is 0.465 e. The Morgan fingerprint density at radius 1 is 1.12 bits per heavy atom. The Bertz CT molecular complexity index is 1170. The highest BCUT2D eigenvalue weighted by atomic mass is 32.2. The predicted molar refractivity (Wildman–Crippen MR) is 120 cm³/mol. The molecule has 2 amide bonds. The molecule has 0 unspecified atom stereocenters. The van der Waals surface area contributed by atoms with E-state index in [0.29, 0.717) is 22.2 Å². The molecule has 33 heavy (non-hydrogen) atoms. The molecule has 3 aromatic rings. The van der Waals surface area contributed by atoms with Crippen LogP contribution in [0, 0.1) is 5.82 Å².